The highest BCUT2D eigenvalue weighted by Crippen LogP contribution is 2.25. The molecule has 0 aromatic heterocycles. The van der Waals surface area contributed by atoms with Gasteiger partial charge in [0.05, 0.1) is 0 Å². The number of carbonyl (C=O) groups is 1. The van der Waals surface area contributed by atoms with Crippen LogP contribution in [0, 0.1) is 12.8 Å². The van der Waals surface area contributed by atoms with Gasteiger partial charge in [-0.25, -0.2) is 0 Å². The first-order valence-electron chi connectivity index (χ1n) is 6.25. The molecule has 0 radical (unpaired) electrons. The van der Waals surface area contributed by atoms with E-state index in [9.17, 15) is 4.79 Å². The highest BCUT2D eigenvalue weighted by atomic mass is 16.1. The molecule has 0 bridgehead atoms. The Morgan fingerprint density at radius 1 is 1.29 bits per heavy atom. The molecule has 0 saturated heterocycles. The van der Waals surface area contributed by atoms with Gasteiger partial charge in [-0.3, -0.25) is 4.79 Å². The van der Waals surface area contributed by atoms with Gasteiger partial charge in [-0.1, -0.05) is 44.2 Å². The summed E-state index contributed by atoms with van der Waals surface area (Å²) in [7, 11) is 0. The molecule has 0 saturated carbocycles. The van der Waals surface area contributed by atoms with Crippen molar-refractivity contribution < 1.29 is 4.79 Å². The predicted octanol–water partition coefficient (Wildman–Crippen LogP) is 4.40. The minimum atomic E-state index is 0.222. The Bertz CT molecular complexity index is 413. The summed E-state index contributed by atoms with van der Waals surface area (Å²) in [5.74, 6) is 0.827. The van der Waals surface area contributed by atoms with E-state index in [2.05, 4.69) is 51.1 Å². The van der Waals surface area contributed by atoms with Crippen LogP contribution in [0.25, 0.3) is 5.57 Å². The fourth-order valence-corrected chi connectivity index (χ4v) is 1.94. The summed E-state index contributed by atoms with van der Waals surface area (Å²) >= 11 is 0. The SMILES string of the molecule is CC(=O)C/C=C(/CC(C)C)c1ccccc1C. The maximum absolute atomic E-state index is 11.1. The Kier molecular flexibility index (Phi) is 5.14. The average Bonchev–Trinajstić information content (AvgIpc) is 2.24. The van der Waals surface area contributed by atoms with E-state index in [4.69, 9.17) is 0 Å². The van der Waals surface area contributed by atoms with E-state index in [1.807, 2.05) is 0 Å². The first kappa shape index (κ1) is 13.7. The molecule has 0 unspecified atom stereocenters. The van der Waals surface area contributed by atoms with Crippen LogP contribution in [0.15, 0.2) is 30.3 Å². The summed E-state index contributed by atoms with van der Waals surface area (Å²) in [5, 5.41) is 0. The van der Waals surface area contributed by atoms with E-state index in [1.165, 1.54) is 16.7 Å². The monoisotopic (exact) mass is 230 g/mol. The third-order valence-electron chi connectivity index (χ3n) is 2.76. The average molecular weight is 230 g/mol. The van der Waals surface area contributed by atoms with Crippen molar-refractivity contribution in [2.45, 2.75) is 40.5 Å². The smallest absolute Gasteiger partial charge is 0.133 e. The fraction of sp³-hybridized carbons (Fsp3) is 0.438. The minimum absolute atomic E-state index is 0.222. The zero-order chi connectivity index (χ0) is 12.8. The zero-order valence-corrected chi connectivity index (χ0v) is 11.3. The summed E-state index contributed by atoms with van der Waals surface area (Å²) < 4.78 is 0. The summed E-state index contributed by atoms with van der Waals surface area (Å²) in [4.78, 5) is 11.1. The van der Waals surface area contributed by atoms with Crippen molar-refractivity contribution in [3.63, 3.8) is 0 Å². The number of hydrogen-bond donors (Lipinski definition) is 0. The summed E-state index contributed by atoms with van der Waals surface area (Å²) in [6, 6.07) is 8.38. The Morgan fingerprint density at radius 3 is 2.47 bits per heavy atom. The number of carbonyl (C=O) groups excluding carboxylic acids is 1. The molecule has 1 rings (SSSR count). The molecule has 0 aliphatic carbocycles. The van der Waals surface area contributed by atoms with Crippen LogP contribution >= 0.6 is 0 Å². The van der Waals surface area contributed by atoms with Gasteiger partial charge in [0.15, 0.2) is 0 Å². The van der Waals surface area contributed by atoms with Crippen LogP contribution in [0.5, 0.6) is 0 Å². The van der Waals surface area contributed by atoms with E-state index in [0.29, 0.717) is 12.3 Å². The number of Topliss-reactive ketones (excluding diaryl/α,β-unsaturated/α-hetero) is 1. The number of rotatable bonds is 5. The number of benzene rings is 1. The molecule has 0 fully saturated rings. The van der Waals surface area contributed by atoms with Crippen LogP contribution in [0.3, 0.4) is 0 Å². The van der Waals surface area contributed by atoms with E-state index in [1.54, 1.807) is 6.92 Å². The zero-order valence-electron chi connectivity index (χ0n) is 11.3. The van der Waals surface area contributed by atoms with Crippen molar-refractivity contribution >= 4 is 11.4 Å². The van der Waals surface area contributed by atoms with E-state index in [-0.39, 0.29) is 5.78 Å². The second-order valence-electron chi connectivity index (χ2n) is 5.05. The Morgan fingerprint density at radius 2 is 1.94 bits per heavy atom. The molecular weight excluding hydrogens is 208 g/mol. The van der Waals surface area contributed by atoms with Gasteiger partial charge < -0.3 is 0 Å². The number of aryl methyl sites for hydroxylation is 1. The van der Waals surface area contributed by atoms with E-state index < -0.39 is 0 Å². The van der Waals surface area contributed by atoms with Crippen LogP contribution < -0.4 is 0 Å². The van der Waals surface area contributed by atoms with Crippen molar-refractivity contribution in [2.24, 2.45) is 5.92 Å². The van der Waals surface area contributed by atoms with Crippen LogP contribution in [-0.2, 0) is 4.79 Å². The normalized spacial score (nSPS) is 11.9. The maximum Gasteiger partial charge on any atom is 0.133 e. The lowest BCUT2D eigenvalue weighted by molar-refractivity contribution is -0.116. The lowest BCUT2D eigenvalue weighted by Crippen LogP contribution is -1.96. The second-order valence-corrected chi connectivity index (χ2v) is 5.05. The molecule has 17 heavy (non-hydrogen) atoms. The standard InChI is InChI=1S/C16H22O/c1-12(2)11-15(10-9-14(4)17)16-8-6-5-7-13(16)3/h5-8,10,12H,9,11H2,1-4H3/b15-10-. The van der Waals surface area contributed by atoms with Crippen LogP contribution in [-0.4, -0.2) is 5.78 Å². The minimum Gasteiger partial charge on any atom is -0.300 e. The highest BCUT2D eigenvalue weighted by Gasteiger charge is 2.07. The molecule has 0 amide bonds. The highest BCUT2D eigenvalue weighted by molar-refractivity contribution is 5.80. The van der Waals surface area contributed by atoms with Gasteiger partial charge >= 0.3 is 0 Å². The number of allylic oxidation sites excluding steroid dienone is 2. The Hall–Kier alpha value is -1.37. The van der Waals surface area contributed by atoms with Crippen molar-refractivity contribution in [1.29, 1.82) is 0 Å². The van der Waals surface area contributed by atoms with Gasteiger partial charge in [0.1, 0.15) is 5.78 Å². The van der Waals surface area contributed by atoms with Crippen molar-refractivity contribution in [2.75, 3.05) is 0 Å². The van der Waals surface area contributed by atoms with E-state index in [0.717, 1.165) is 6.42 Å². The third-order valence-corrected chi connectivity index (χ3v) is 2.76. The molecular formula is C16H22O. The number of ketones is 1. The molecule has 0 spiro atoms. The summed E-state index contributed by atoms with van der Waals surface area (Å²) in [6.07, 6.45) is 3.65. The molecule has 0 atom stereocenters. The van der Waals surface area contributed by atoms with Crippen molar-refractivity contribution in [3.05, 3.63) is 41.5 Å². The molecule has 1 aromatic carbocycles. The first-order chi connectivity index (χ1) is 8.00. The summed E-state index contributed by atoms with van der Waals surface area (Å²) in [6.45, 7) is 8.18. The molecule has 0 N–H and O–H groups in total. The third kappa shape index (κ3) is 4.56. The van der Waals surface area contributed by atoms with Gasteiger partial charge in [0.25, 0.3) is 0 Å². The quantitative estimate of drug-likeness (QED) is 0.732. The predicted molar refractivity (Wildman–Crippen MR) is 73.9 cm³/mol. The Balaban J connectivity index is 3.02. The fourth-order valence-electron chi connectivity index (χ4n) is 1.94. The van der Waals surface area contributed by atoms with Crippen LogP contribution in [0.4, 0.5) is 0 Å². The first-order valence-corrected chi connectivity index (χ1v) is 6.25. The number of hydrogen-bond acceptors (Lipinski definition) is 1. The summed E-state index contributed by atoms with van der Waals surface area (Å²) in [5.41, 5.74) is 3.86. The van der Waals surface area contributed by atoms with Gasteiger partial charge in [-0.2, -0.15) is 0 Å². The lowest BCUT2D eigenvalue weighted by atomic mass is 9.92. The van der Waals surface area contributed by atoms with Crippen LogP contribution in [0.1, 0.15) is 44.7 Å². The van der Waals surface area contributed by atoms with Crippen LogP contribution in [0.2, 0.25) is 0 Å². The molecule has 1 heteroatoms. The lowest BCUT2D eigenvalue weighted by Gasteiger charge is -2.13. The second kappa shape index (κ2) is 6.39. The molecule has 92 valence electrons. The maximum atomic E-state index is 11.1. The molecule has 1 nitrogen and oxygen atoms in total. The van der Waals surface area contributed by atoms with Crippen molar-refractivity contribution in [1.82, 2.24) is 0 Å². The molecule has 0 aliphatic rings. The van der Waals surface area contributed by atoms with Crippen molar-refractivity contribution in [3.8, 4) is 0 Å². The Labute approximate surface area is 105 Å². The van der Waals surface area contributed by atoms with Gasteiger partial charge in [0, 0.05) is 6.42 Å². The van der Waals surface area contributed by atoms with Gasteiger partial charge in [0.2, 0.25) is 0 Å². The van der Waals surface area contributed by atoms with Gasteiger partial charge in [-0.15, -0.1) is 0 Å². The molecule has 1 aromatic rings. The largest absolute Gasteiger partial charge is 0.300 e. The topological polar surface area (TPSA) is 17.1 Å². The van der Waals surface area contributed by atoms with Gasteiger partial charge in [-0.05, 0) is 42.9 Å². The molecule has 0 aliphatic heterocycles. The molecule has 0 heterocycles. The van der Waals surface area contributed by atoms with E-state index >= 15 is 0 Å².